The van der Waals surface area contributed by atoms with Crippen LogP contribution < -0.4 is 4.90 Å². The summed E-state index contributed by atoms with van der Waals surface area (Å²) in [5, 5.41) is 0. The van der Waals surface area contributed by atoms with Gasteiger partial charge in [-0.1, -0.05) is 28.1 Å². The average molecular weight is 431 g/mol. The number of carbonyl (C=O) groups is 2. The van der Waals surface area contributed by atoms with E-state index in [0.717, 1.165) is 15.7 Å². The van der Waals surface area contributed by atoms with Crippen molar-refractivity contribution in [1.29, 1.82) is 0 Å². The third-order valence-electron chi connectivity index (χ3n) is 4.78. The summed E-state index contributed by atoms with van der Waals surface area (Å²) in [4.78, 5) is 27.9. The van der Waals surface area contributed by atoms with E-state index in [-0.39, 0.29) is 18.1 Å². The number of carbonyl (C=O) groups excluding carboxylic acids is 2. The molecule has 0 radical (unpaired) electrons. The molecule has 2 aromatic carbocycles. The van der Waals surface area contributed by atoms with E-state index in [9.17, 15) is 9.59 Å². The number of anilines is 1. The molecule has 1 atom stereocenters. The minimum atomic E-state index is -0.348. The van der Waals surface area contributed by atoms with Gasteiger partial charge in [0.1, 0.15) is 12.7 Å². The lowest BCUT2D eigenvalue weighted by Gasteiger charge is -2.33. The number of morpholine rings is 1. The normalized spacial score (nSPS) is 19.9. The molecule has 2 amide bonds. The van der Waals surface area contributed by atoms with Crippen molar-refractivity contribution in [2.24, 2.45) is 0 Å². The van der Waals surface area contributed by atoms with E-state index >= 15 is 0 Å². The van der Waals surface area contributed by atoms with Gasteiger partial charge in [-0.3, -0.25) is 9.69 Å². The summed E-state index contributed by atoms with van der Waals surface area (Å²) in [5.41, 5.74) is 2.39. The van der Waals surface area contributed by atoms with Crippen molar-refractivity contribution in [3.8, 4) is 0 Å². The second kappa shape index (κ2) is 7.70. The summed E-state index contributed by atoms with van der Waals surface area (Å²) < 4.78 is 11.8. The molecule has 2 saturated heterocycles. The molecule has 1 unspecified atom stereocenters. The van der Waals surface area contributed by atoms with Crippen molar-refractivity contribution in [3.63, 3.8) is 0 Å². The summed E-state index contributed by atoms with van der Waals surface area (Å²) in [6, 6.07) is 15.0. The van der Waals surface area contributed by atoms with Crippen LogP contribution in [0.5, 0.6) is 0 Å². The third kappa shape index (κ3) is 3.84. The summed E-state index contributed by atoms with van der Waals surface area (Å²) in [6.07, 6.45) is -0.478. The molecule has 0 bridgehead atoms. The van der Waals surface area contributed by atoms with Gasteiger partial charge in [0.05, 0.1) is 19.7 Å². The molecule has 0 aliphatic carbocycles. The van der Waals surface area contributed by atoms with E-state index in [1.54, 1.807) is 29.2 Å². The fourth-order valence-electron chi connectivity index (χ4n) is 3.31. The summed E-state index contributed by atoms with van der Waals surface area (Å²) in [6.45, 7) is 2.51. The van der Waals surface area contributed by atoms with E-state index in [4.69, 9.17) is 9.47 Å². The number of benzene rings is 2. The molecule has 6 nitrogen and oxygen atoms in total. The van der Waals surface area contributed by atoms with Crippen LogP contribution in [0.1, 0.15) is 22.0 Å². The molecule has 140 valence electrons. The first-order valence-electron chi connectivity index (χ1n) is 8.82. The molecule has 2 aliphatic rings. The van der Waals surface area contributed by atoms with Crippen LogP contribution in [0, 0.1) is 0 Å². The summed E-state index contributed by atoms with van der Waals surface area (Å²) in [7, 11) is 0. The van der Waals surface area contributed by atoms with Gasteiger partial charge in [-0.05, 0) is 42.0 Å². The van der Waals surface area contributed by atoms with Crippen LogP contribution in [-0.4, -0.2) is 49.7 Å². The highest BCUT2D eigenvalue weighted by atomic mass is 79.9. The van der Waals surface area contributed by atoms with Gasteiger partial charge in [0.2, 0.25) is 0 Å². The number of rotatable bonds is 3. The first-order valence-corrected chi connectivity index (χ1v) is 9.62. The second-order valence-electron chi connectivity index (χ2n) is 6.48. The van der Waals surface area contributed by atoms with E-state index in [1.807, 2.05) is 29.2 Å². The molecule has 2 aromatic rings. The van der Waals surface area contributed by atoms with Crippen molar-refractivity contribution < 1.29 is 19.1 Å². The molecule has 2 fully saturated rings. The van der Waals surface area contributed by atoms with Gasteiger partial charge in [-0.2, -0.15) is 0 Å². The van der Waals surface area contributed by atoms with Gasteiger partial charge >= 0.3 is 6.09 Å². The zero-order valence-corrected chi connectivity index (χ0v) is 16.2. The Bertz CT molecular complexity index is 838. The van der Waals surface area contributed by atoms with Crippen molar-refractivity contribution in [2.45, 2.75) is 6.10 Å². The Morgan fingerprint density at radius 2 is 1.74 bits per heavy atom. The molecule has 2 aliphatic heterocycles. The Labute approximate surface area is 165 Å². The Morgan fingerprint density at radius 1 is 1.00 bits per heavy atom. The number of amides is 2. The Morgan fingerprint density at radius 3 is 2.41 bits per heavy atom. The maximum atomic E-state index is 12.9. The smallest absolute Gasteiger partial charge is 0.414 e. The number of hydrogen-bond acceptors (Lipinski definition) is 4. The fourth-order valence-corrected chi connectivity index (χ4v) is 3.57. The van der Waals surface area contributed by atoms with Crippen LogP contribution in [0.15, 0.2) is 53.0 Å². The molecule has 0 aromatic heterocycles. The molecular weight excluding hydrogens is 412 g/mol. The zero-order valence-electron chi connectivity index (χ0n) is 14.6. The molecule has 0 N–H and O–H groups in total. The van der Waals surface area contributed by atoms with E-state index in [0.29, 0.717) is 38.4 Å². The van der Waals surface area contributed by atoms with Crippen LogP contribution in [0.3, 0.4) is 0 Å². The quantitative estimate of drug-likeness (QED) is 0.745. The number of hydrogen-bond donors (Lipinski definition) is 0. The first kappa shape index (κ1) is 18.0. The Kier molecular flexibility index (Phi) is 5.13. The van der Waals surface area contributed by atoms with Crippen molar-refractivity contribution in [2.75, 3.05) is 37.7 Å². The monoisotopic (exact) mass is 430 g/mol. The molecule has 4 rings (SSSR count). The maximum absolute atomic E-state index is 12.9. The summed E-state index contributed by atoms with van der Waals surface area (Å²) >= 11 is 3.43. The molecule has 0 saturated carbocycles. The van der Waals surface area contributed by atoms with E-state index in [2.05, 4.69) is 15.9 Å². The molecule has 7 heteroatoms. The van der Waals surface area contributed by atoms with Gasteiger partial charge in [0.25, 0.3) is 5.91 Å². The van der Waals surface area contributed by atoms with Crippen molar-refractivity contribution in [3.05, 3.63) is 64.1 Å². The lowest BCUT2D eigenvalue weighted by atomic mass is 10.1. The van der Waals surface area contributed by atoms with Crippen LogP contribution in [0.2, 0.25) is 0 Å². The minimum Gasteiger partial charge on any atom is -0.447 e. The predicted molar refractivity (Wildman–Crippen MR) is 104 cm³/mol. The fraction of sp³-hybridized carbons (Fsp3) is 0.300. The molecule has 0 spiro atoms. The highest BCUT2D eigenvalue weighted by Crippen LogP contribution is 2.25. The molecule has 27 heavy (non-hydrogen) atoms. The number of nitrogens with zero attached hydrogens (tertiary/aromatic N) is 2. The number of cyclic esters (lactones) is 1. The topological polar surface area (TPSA) is 59.1 Å². The second-order valence-corrected chi connectivity index (χ2v) is 7.39. The van der Waals surface area contributed by atoms with E-state index in [1.165, 1.54) is 0 Å². The first-order chi connectivity index (χ1) is 13.1. The minimum absolute atomic E-state index is 0.0315. The lowest BCUT2D eigenvalue weighted by molar-refractivity contribution is -0.0228. The number of ether oxygens (including phenoxy) is 2. The van der Waals surface area contributed by atoms with Gasteiger partial charge in [-0.25, -0.2) is 4.79 Å². The van der Waals surface area contributed by atoms with Gasteiger partial charge < -0.3 is 14.4 Å². The van der Waals surface area contributed by atoms with Gasteiger partial charge in [-0.15, -0.1) is 0 Å². The van der Waals surface area contributed by atoms with Gasteiger partial charge in [0, 0.05) is 22.3 Å². The van der Waals surface area contributed by atoms with E-state index < -0.39 is 0 Å². The summed E-state index contributed by atoms with van der Waals surface area (Å²) in [5.74, 6) is -0.0315. The maximum Gasteiger partial charge on any atom is 0.414 e. The zero-order chi connectivity index (χ0) is 18.8. The number of halogens is 1. The van der Waals surface area contributed by atoms with Crippen molar-refractivity contribution >= 4 is 33.6 Å². The Balaban J connectivity index is 1.45. The Hall–Kier alpha value is -2.38. The van der Waals surface area contributed by atoms with Gasteiger partial charge in [0.15, 0.2) is 0 Å². The largest absolute Gasteiger partial charge is 0.447 e. The predicted octanol–water partition coefficient (Wildman–Crippen LogP) is 3.62. The van der Waals surface area contributed by atoms with Crippen molar-refractivity contribution in [1.82, 2.24) is 4.90 Å². The standard InChI is InChI=1S/C20H19BrN2O4/c21-16-5-1-14(2-6-16)18-13-22(9-11-26-18)19(24)15-3-7-17(8-4-15)23-10-12-27-20(23)25/h1-8,18H,9-13H2. The third-order valence-corrected chi connectivity index (χ3v) is 5.31. The van der Waals surface area contributed by atoms with Crippen LogP contribution in [0.4, 0.5) is 10.5 Å². The average Bonchev–Trinajstić information content (AvgIpc) is 3.14. The molecular formula is C20H19BrN2O4. The van der Waals surface area contributed by atoms with Crippen LogP contribution in [0.25, 0.3) is 0 Å². The highest BCUT2D eigenvalue weighted by Gasteiger charge is 2.27. The van der Waals surface area contributed by atoms with Crippen LogP contribution in [-0.2, 0) is 9.47 Å². The SMILES string of the molecule is O=C(c1ccc(N2CCOC2=O)cc1)N1CCOC(c2ccc(Br)cc2)C1. The van der Waals surface area contributed by atoms with Crippen LogP contribution >= 0.6 is 15.9 Å². The molecule has 2 heterocycles. The lowest BCUT2D eigenvalue weighted by Crippen LogP contribution is -2.42. The highest BCUT2D eigenvalue weighted by molar-refractivity contribution is 9.10.